The zero-order valence-electron chi connectivity index (χ0n) is 19.6. The molecule has 0 aliphatic rings. The summed E-state index contributed by atoms with van der Waals surface area (Å²) in [5.74, 6) is -0.754. The van der Waals surface area contributed by atoms with Gasteiger partial charge in [0.2, 0.25) is 0 Å². The lowest BCUT2D eigenvalue weighted by Gasteiger charge is -2.20. The fourth-order valence-corrected chi connectivity index (χ4v) is 3.73. The van der Waals surface area contributed by atoms with Crippen molar-refractivity contribution in [1.82, 2.24) is 20.6 Å². The van der Waals surface area contributed by atoms with Crippen molar-refractivity contribution in [1.29, 1.82) is 10.5 Å². The molecule has 1 atom stereocenters. The summed E-state index contributed by atoms with van der Waals surface area (Å²) in [6.45, 7) is 0.826. The highest BCUT2D eigenvalue weighted by Gasteiger charge is 2.17. The number of amides is 1. The minimum absolute atomic E-state index is 0.0922. The quantitative estimate of drug-likeness (QED) is 0.340. The molecule has 0 spiro atoms. The number of halogens is 1. The third-order valence-electron chi connectivity index (χ3n) is 5.75. The molecule has 2 aromatic carbocycles. The second kappa shape index (κ2) is 11.5. The standard InChI is InChI=1S/C28H22FN7O/c29-25-8-7-20(10-22(25)12-30)26(36-28(37)21-2-1-9-33-15-21)17-34-14-18-3-5-19(6-4-18)24-11-23(13-31)27(32)35-16-24/h1-11,15-16,26,34H,14,17H2,(H2,32,35)(H,36,37)/t26-/m1/s1. The van der Waals surface area contributed by atoms with Crippen LogP contribution in [0.25, 0.3) is 11.1 Å². The Morgan fingerprint density at radius 3 is 2.49 bits per heavy atom. The lowest BCUT2D eigenvalue weighted by molar-refractivity contribution is 0.0935. The van der Waals surface area contributed by atoms with E-state index in [1.54, 1.807) is 36.7 Å². The monoisotopic (exact) mass is 491 g/mol. The van der Waals surface area contributed by atoms with Gasteiger partial charge in [-0.05, 0) is 47.0 Å². The van der Waals surface area contributed by atoms with Gasteiger partial charge in [0, 0.05) is 37.2 Å². The maximum absolute atomic E-state index is 13.9. The van der Waals surface area contributed by atoms with Crippen molar-refractivity contribution in [3.8, 4) is 23.3 Å². The van der Waals surface area contributed by atoms with Crippen LogP contribution in [0.4, 0.5) is 10.2 Å². The number of nitriles is 2. The Hall–Kier alpha value is -5.12. The molecule has 0 bridgehead atoms. The summed E-state index contributed by atoms with van der Waals surface area (Å²) in [5.41, 5.74) is 9.59. The Kier molecular flexibility index (Phi) is 7.79. The summed E-state index contributed by atoms with van der Waals surface area (Å²) in [4.78, 5) is 20.8. The number of nitrogen functional groups attached to an aromatic ring is 1. The van der Waals surface area contributed by atoms with Gasteiger partial charge in [0.1, 0.15) is 23.8 Å². The van der Waals surface area contributed by atoms with E-state index < -0.39 is 11.9 Å². The number of hydrogen-bond acceptors (Lipinski definition) is 7. The maximum atomic E-state index is 13.9. The number of benzene rings is 2. The van der Waals surface area contributed by atoms with Gasteiger partial charge in [-0.1, -0.05) is 30.3 Å². The molecule has 4 N–H and O–H groups in total. The molecule has 0 fully saturated rings. The summed E-state index contributed by atoms with van der Waals surface area (Å²) in [5, 5.41) is 24.7. The summed E-state index contributed by atoms with van der Waals surface area (Å²) in [7, 11) is 0. The molecule has 0 aliphatic heterocycles. The average Bonchev–Trinajstić information content (AvgIpc) is 2.94. The van der Waals surface area contributed by atoms with Gasteiger partial charge in [-0.3, -0.25) is 9.78 Å². The minimum atomic E-state index is -0.616. The predicted octanol–water partition coefficient (Wildman–Crippen LogP) is 3.87. The highest BCUT2D eigenvalue weighted by Crippen LogP contribution is 2.22. The van der Waals surface area contributed by atoms with Crippen LogP contribution in [0.3, 0.4) is 0 Å². The molecule has 0 aliphatic carbocycles. The number of anilines is 1. The Balaban J connectivity index is 1.46. The number of rotatable bonds is 8. The fourth-order valence-electron chi connectivity index (χ4n) is 3.73. The average molecular weight is 492 g/mol. The van der Waals surface area contributed by atoms with Crippen molar-refractivity contribution in [2.24, 2.45) is 0 Å². The first kappa shape index (κ1) is 25.0. The highest BCUT2D eigenvalue weighted by molar-refractivity contribution is 5.94. The van der Waals surface area contributed by atoms with E-state index in [4.69, 9.17) is 5.73 Å². The van der Waals surface area contributed by atoms with Gasteiger partial charge in [-0.25, -0.2) is 9.37 Å². The Morgan fingerprint density at radius 1 is 1.00 bits per heavy atom. The second-order valence-corrected chi connectivity index (χ2v) is 8.22. The number of nitrogens with one attached hydrogen (secondary N) is 2. The first-order valence-electron chi connectivity index (χ1n) is 11.3. The third kappa shape index (κ3) is 6.12. The molecule has 4 rings (SSSR count). The Morgan fingerprint density at radius 2 is 1.78 bits per heavy atom. The van der Waals surface area contributed by atoms with Crippen LogP contribution in [0, 0.1) is 28.5 Å². The van der Waals surface area contributed by atoms with E-state index in [0.29, 0.717) is 29.8 Å². The van der Waals surface area contributed by atoms with Crippen molar-refractivity contribution >= 4 is 11.7 Å². The van der Waals surface area contributed by atoms with Gasteiger partial charge in [-0.2, -0.15) is 10.5 Å². The molecule has 1 amide bonds. The third-order valence-corrected chi connectivity index (χ3v) is 5.75. The SMILES string of the molecule is N#Cc1cc([C@@H](CNCc2ccc(-c3cnc(N)c(C#N)c3)cc2)NC(=O)c2cccnc2)ccc1F. The first-order valence-corrected chi connectivity index (χ1v) is 11.3. The molecule has 9 heteroatoms. The predicted molar refractivity (Wildman–Crippen MR) is 136 cm³/mol. The zero-order valence-corrected chi connectivity index (χ0v) is 19.6. The van der Waals surface area contributed by atoms with E-state index in [-0.39, 0.29) is 17.3 Å². The van der Waals surface area contributed by atoms with Gasteiger partial charge in [0.15, 0.2) is 0 Å². The number of aromatic nitrogens is 2. The molecule has 0 radical (unpaired) electrons. The number of hydrogen-bond donors (Lipinski definition) is 3. The molecular formula is C28H22FN7O. The Bertz CT molecular complexity index is 1490. The largest absolute Gasteiger partial charge is 0.383 e. The van der Waals surface area contributed by atoms with Gasteiger partial charge < -0.3 is 16.4 Å². The molecule has 0 saturated carbocycles. The molecule has 182 valence electrons. The van der Waals surface area contributed by atoms with E-state index >= 15 is 0 Å². The molecule has 0 saturated heterocycles. The number of carbonyl (C=O) groups excluding carboxylic acids is 1. The molecule has 8 nitrogen and oxygen atoms in total. The number of nitrogens with zero attached hydrogens (tertiary/aromatic N) is 4. The first-order chi connectivity index (χ1) is 18.0. The molecule has 2 aromatic heterocycles. The summed E-state index contributed by atoms with van der Waals surface area (Å²) in [6.07, 6.45) is 4.66. The normalized spacial score (nSPS) is 11.2. The van der Waals surface area contributed by atoms with Gasteiger partial charge in [-0.15, -0.1) is 0 Å². The number of carbonyl (C=O) groups is 1. The molecule has 0 unspecified atom stereocenters. The van der Waals surface area contributed by atoms with E-state index in [9.17, 15) is 19.7 Å². The van der Waals surface area contributed by atoms with Crippen molar-refractivity contribution in [2.75, 3.05) is 12.3 Å². The van der Waals surface area contributed by atoms with Gasteiger partial charge in [0.25, 0.3) is 5.91 Å². The van der Waals surface area contributed by atoms with E-state index in [1.165, 1.54) is 18.3 Å². The van der Waals surface area contributed by atoms with Crippen molar-refractivity contribution in [2.45, 2.75) is 12.6 Å². The molecule has 2 heterocycles. The fraction of sp³-hybridized carbons (Fsp3) is 0.107. The van der Waals surface area contributed by atoms with Gasteiger partial charge >= 0.3 is 0 Å². The smallest absolute Gasteiger partial charge is 0.253 e. The lowest BCUT2D eigenvalue weighted by Crippen LogP contribution is -2.35. The van der Waals surface area contributed by atoms with E-state index in [2.05, 4.69) is 20.6 Å². The van der Waals surface area contributed by atoms with Crippen LogP contribution >= 0.6 is 0 Å². The molecule has 37 heavy (non-hydrogen) atoms. The second-order valence-electron chi connectivity index (χ2n) is 8.22. The lowest BCUT2D eigenvalue weighted by atomic mass is 10.0. The Labute approximate surface area is 213 Å². The topological polar surface area (TPSA) is 141 Å². The van der Waals surface area contributed by atoms with Crippen LogP contribution in [-0.2, 0) is 6.54 Å². The zero-order chi connectivity index (χ0) is 26.2. The van der Waals surface area contributed by atoms with Crippen LogP contribution in [0.15, 0.2) is 79.3 Å². The maximum Gasteiger partial charge on any atom is 0.253 e. The summed E-state index contributed by atoms with van der Waals surface area (Å²) in [6, 6.07) is 20.3. The number of pyridine rings is 2. The van der Waals surface area contributed by atoms with Crippen LogP contribution in [0.5, 0.6) is 0 Å². The highest BCUT2D eigenvalue weighted by atomic mass is 19.1. The molecular weight excluding hydrogens is 469 g/mol. The van der Waals surface area contributed by atoms with Crippen molar-refractivity contribution in [3.63, 3.8) is 0 Å². The van der Waals surface area contributed by atoms with Crippen LogP contribution in [0.1, 0.15) is 38.7 Å². The minimum Gasteiger partial charge on any atom is -0.383 e. The van der Waals surface area contributed by atoms with Crippen molar-refractivity contribution in [3.05, 3.63) is 113 Å². The molecule has 4 aromatic rings. The van der Waals surface area contributed by atoms with Gasteiger partial charge in [0.05, 0.1) is 22.7 Å². The van der Waals surface area contributed by atoms with E-state index in [0.717, 1.165) is 16.7 Å². The van der Waals surface area contributed by atoms with Crippen molar-refractivity contribution < 1.29 is 9.18 Å². The van der Waals surface area contributed by atoms with Crippen LogP contribution in [0.2, 0.25) is 0 Å². The summed E-state index contributed by atoms with van der Waals surface area (Å²) >= 11 is 0. The van der Waals surface area contributed by atoms with E-state index in [1.807, 2.05) is 36.4 Å². The summed E-state index contributed by atoms with van der Waals surface area (Å²) < 4.78 is 13.9. The van der Waals surface area contributed by atoms with Crippen LogP contribution in [-0.4, -0.2) is 22.4 Å². The van der Waals surface area contributed by atoms with Crippen LogP contribution < -0.4 is 16.4 Å². The number of nitrogens with two attached hydrogens (primary N) is 1.